The largest absolute Gasteiger partial charge is 0.469 e. The minimum atomic E-state index is -0.711. The molecule has 0 aromatic rings. The van der Waals surface area contributed by atoms with Crippen LogP contribution in [0, 0.1) is 16.7 Å². The summed E-state index contributed by atoms with van der Waals surface area (Å²) in [6.07, 6.45) is 5.86. The van der Waals surface area contributed by atoms with Crippen LogP contribution in [0.25, 0.3) is 0 Å². The molecule has 5 rings (SSSR count). The third kappa shape index (κ3) is 1.04. The molecule has 4 atom stereocenters. The summed E-state index contributed by atoms with van der Waals surface area (Å²) in [4.78, 5) is 25.0. The molecule has 0 amide bonds. The van der Waals surface area contributed by atoms with Crippen LogP contribution in [0.3, 0.4) is 0 Å². The lowest BCUT2D eigenvalue weighted by Crippen LogP contribution is -2.62. The molecule has 0 unspecified atom stereocenters. The summed E-state index contributed by atoms with van der Waals surface area (Å²) >= 11 is 0. The van der Waals surface area contributed by atoms with Gasteiger partial charge in [0.2, 0.25) is 0 Å². The van der Waals surface area contributed by atoms with Crippen LogP contribution >= 0.6 is 0 Å². The highest BCUT2D eigenvalue weighted by atomic mass is 16.6. The van der Waals surface area contributed by atoms with Crippen LogP contribution in [0.15, 0.2) is 11.6 Å². The lowest BCUT2D eigenvalue weighted by atomic mass is 9.47. The van der Waals surface area contributed by atoms with Gasteiger partial charge in [0.25, 0.3) is 0 Å². The van der Waals surface area contributed by atoms with E-state index in [1.165, 1.54) is 12.7 Å². The van der Waals surface area contributed by atoms with Crippen LogP contribution in [0.4, 0.5) is 0 Å². The quantitative estimate of drug-likeness (QED) is 0.409. The molecule has 4 aliphatic carbocycles. The second-order valence-electron chi connectivity index (χ2n) is 6.67. The molecular formula is C15H18O4. The Labute approximate surface area is 112 Å². The molecule has 2 bridgehead atoms. The van der Waals surface area contributed by atoms with Gasteiger partial charge in [0, 0.05) is 5.41 Å². The molecule has 0 radical (unpaired) electrons. The van der Waals surface area contributed by atoms with E-state index in [-0.39, 0.29) is 23.1 Å². The van der Waals surface area contributed by atoms with Crippen molar-refractivity contribution in [3.05, 3.63) is 11.6 Å². The van der Waals surface area contributed by atoms with Gasteiger partial charge in [-0.3, -0.25) is 9.59 Å². The van der Waals surface area contributed by atoms with E-state index in [0.29, 0.717) is 13.0 Å². The highest BCUT2D eigenvalue weighted by Crippen LogP contribution is 2.71. The molecule has 5 aliphatic rings. The Kier molecular flexibility index (Phi) is 1.91. The number of methoxy groups -OCH3 is 1. The maximum Gasteiger partial charge on any atom is 0.312 e. The first kappa shape index (κ1) is 11.6. The molecule has 4 heteroatoms. The Bertz CT molecular complexity index is 530. The zero-order chi connectivity index (χ0) is 13.5. The summed E-state index contributed by atoms with van der Waals surface area (Å²) < 4.78 is 10.6. The number of epoxide rings is 1. The van der Waals surface area contributed by atoms with Gasteiger partial charge in [-0.15, -0.1) is 0 Å². The minimum Gasteiger partial charge on any atom is -0.469 e. The highest BCUT2D eigenvalue weighted by Gasteiger charge is 2.78. The van der Waals surface area contributed by atoms with Gasteiger partial charge in [-0.05, 0) is 32.6 Å². The molecule has 4 nitrogen and oxygen atoms in total. The van der Waals surface area contributed by atoms with Gasteiger partial charge in [0.15, 0.2) is 11.4 Å². The van der Waals surface area contributed by atoms with E-state index < -0.39 is 11.0 Å². The van der Waals surface area contributed by atoms with E-state index in [9.17, 15) is 9.59 Å². The number of ether oxygens (including phenoxy) is 2. The molecule has 102 valence electrons. The summed E-state index contributed by atoms with van der Waals surface area (Å²) in [5.41, 5.74) is -0.166. The minimum absolute atomic E-state index is 0.109. The van der Waals surface area contributed by atoms with Crippen LogP contribution < -0.4 is 0 Å². The predicted molar refractivity (Wildman–Crippen MR) is 66.3 cm³/mol. The van der Waals surface area contributed by atoms with Crippen LogP contribution in [-0.2, 0) is 19.1 Å². The van der Waals surface area contributed by atoms with E-state index >= 15 is 0 Å². The fourth-order valence-corrected chi connectivity index (χ4v) is 4.93. The third-order valence-corrected chi connectivity index (χ3v) is 5.93. The van der Waals surface area contributed by atoms with E-state index in [2.05, 4.69) is 6.08 Å². The Morgan fingerprint density at radius 1 is 1.53 bits per heavy atom. The molecular weight excluding hydrogens is 244 g/mol. The van der Waals surface area contributed by atoms with E-state index in [1.807, 2.05) is 6.92 Å². The third-order valence-electron chi connectivity index (χ3n) is 5.93. The molecule has 2 spiro atoms. The number of allylic oxidation sites excluding steroid dienone is 1. The SMILES string of the molecule is COC(=O)[C@]1(C)C[C@]23CCCC2=C[C@H]1C(=O)[C@@]31CO1. The molecule has 1 saturated heterocycles. The summed E-state index contributed by atoms with van der Waals surface area (Å²) in [7, 11) is 1.40. The standard InChI is InChI=1S/C15H18O4/c1-13(12(17)18-2)7-14-5-3-4-9(14)6-10(13)11(16)15(14)8-19-15/h6,10H,3-5,7-8H2,1-2H3/t10-,13+,14+,15-/m0/s1. The Morgan fingerprint density at radius 3 is 2.89 bits per heavy atom. The van der Waals surface area contributed by atoms with Crippen molar-refractivity contribution in [1.29, 1.82) is 0 Å². The van der Waals surface area contributed by atoms with Crippen molar-refractivity contribution in [2.24, 2.45) is 16.7 Å². The van der Waals surface area contributed by atoms with E-state index in [1.54, 1.807) is 0 Å². The lowest BCUT2D eigenvalue weighted by Gasteiger charge is -2.54. The molecule has 2 saturated carbocycles. The van der Waals surface area contributed by atoms with Gasteiger partial charge in [0.1, 0.15) is 0 Å². The second-order valence-corrected chi connectivity index (χ2v) is 6.67. The van der Waals surface area contributed by atoms with Crippen molar-refractivity contribution in [2.75, 3.05) is 13.7 Å². The zero-order valence-corrected chi connectivity index (χ0v) is 11.3. The van der Waals surface area contributed by atoms with Gasteiger partial charge in [-0.2, -0.15) is 0 Å². The number of Topliss-reactive ketones (excluding diaryl/α,β-unsaturated/α-hetero) is 1. The molecule has 0 aromatic heterocycles. The van der Waals surface area contributed by atoms with Gasteiger partial charge in [-0.1, -0.05) is 11.6 Å². The van der Waals surface area contributed by atoms with Crippen molar-refractivity contribution in [3.63, 3.8) is 0 Å². The van der Waals surface area contributed by atoms with Crippen molar-refractivity contribution in [2.45, 2.75) is 38.2 Å². The molecule has 1 heterocycles. The maximum absolute atomic E-state index is 12.8. The fraction of sp³-hybridized carbons (Fsp3) is 0.733. The molecule has 3 fully saturated rings. The topological polar surface area (TPSA) is 55.9 Å². The summed E-state index contributed by atoms with van der Waals surface area (Å²) in [6.45, 7) is 2.42. The molecule has 19 heavy (non-hydrogen) atoms. The average molecular weight is 262 g/mol. The molecule has 0 N–H and O–H groups in total. The van der Waals surface area contributed by atoms with Gasteiger partial charge in [-0.25, -0.2) is 0 Å². The first-order valence-electron chi connectivity index (χ1n) is 6.98. The summed E-state index contributed by atoms with van der Waals surface area (Å²) in [5.74, 6) is -0.516. The lowest BCUT2D eigenvalue weighted by molar-refractivity contribution is -0.169. The van der Waals surface area contributed by atoms with Gasteiger partial charge in [0.05, 0.1) is 25.0 Å². The van der Waals surface area contributed by atoms with Crippen LogP contribution in [0.2, 0.25) is 0 Å². The van der Waals surface area contributed by atoms with E-state index in [0.717, 1.165) is 19.3 Å². The molecule has 0 aromatic carbocycles. The number of hydrogen-bond acceptors (Lipinski definition) is 4. The van der Waals surface area contributed by atoms with Crippen LogP contribution in [-0.4, -0.2) is 31.1 Å². The number of hydrogen-bond donors (Lipinski definition) is 0. The Morgan fingerprint density at radius 2 is 2.26 bits per heavy atom. The number of rotatable bonds is 1. The zero-order valence-electron chi connectivity index (χ0n) is 11.3. The number of carbonyl (C=O) groups excluding carboxylic acids is 2. The van der Waals surface area contributed by atoms with E-state index in [4.69, 9.17) is 9.47 Å². The highest BCUT2D eigenvalue weighted by molar-refractivity contribution is 6.02. The predicted octanol–water partition coefficient (Wildman–Crippen LogP) is 1.63. The second kappa shape index (κ2) is 3.11. The smallest absolute Gasteiger partial charge is 0.312 e. The fourth-order valence-electron chi connectivity index (χ4n) is 4.93. The van der Waals surface area contributed by atoms with Gasteiger partial charge >= 0.3 is 5.97 Å². The monoisotopic (exact) mass is 262 g/mol. The number of fused-ring (bicyclic) bond motifs is 1. The Balaban J connectivity index is 1.90. The average Bonchev–Trinajstić information content (AvgIpc) is 3.09. The molecule has 1 aliphatic heterocycles. The van der Waals surface area contributed by atoms with Crippen molar-refractivity contribution >= 4 is 11.8 Å². The van der Waals surface area contributed by atoms with Crippen molar-refractivity contribution < 1.29 is 19.1 Å². The first-order valence-corrected chi connectivity index (χ1v) is 6.98. The maximum atomic E-state index is 12.8. The van der Waals surface area contributed by atoms with Gasteiger partial charge < -0.3 is 9.47 Å². The Hall–Kier alpha value is -1.16. The summed E-state index contributed by atoms with van der Waals surface area (Å²) in [6, 6.07) is 0. The van der Waals surface area contributed by atoms with Crippen LogP contribution in [0.5, 0.6) is 0 Å². The normalized spacial score (nSPS) is 50.1. The summed E-state index contributed by atoms with van der Waals surface area (Å²) in [5, 5.41) is 0. The first-order chi connectivity index (χ1) is 9.00. The van der Waals surface area contributed by atoms with Crippen LogP contribution in [0.1, 0.15) is 32.6 Å². The van der Waals surface area contributed by atoms with Crippen molar-refractivity contribution in [3.8, 4) is 0 Å². The van der Waals surface area contributed by atoms with Crippen molar-refractivity contribution in [1.82, 2.24) is 0 Å². The number of esters is 1. The number of carbonyl (C=O) groups is 2. The number of ketones is 1.